The van der Waals surface area contributed by atoms with Crippen LogP contribution in [0.5, 0.6) is 0 Å². The number of ketones is 1. The normalized spacial score (nSPS) is 20.6. The fourth-order valence-corrected chi connectivity index (χ4v) is 1.26. The van der Waals surface area contributed by atoms with Gasteiger partial charge in [0, 0.05) is 5.41 Å². The van der Waals surface area contributed by atoms with Crippen LogP contribution in [0.3, 0.4) is 0 Å². The van der Waals surface area contributed by atoms with Gasteiger partial charge in [-0.05, 0) is 52.8 Å². The third kappa shape index (κ3) is 2.72. The minimum Gasteiger partial charge on any atom is -0.488 e. The van der Waals surface area contributed by atoms with Crippen molar-refractivity contribution < 1.29 is 9.53 Å². The molecule has 78 valence electrons. The summed E-state index contributed by atoms with van der Waals surface area (Å²) in [4.78, 5) is 11.4. The maximum atomic E-state index is 11.4. The lowest BCUT2D eigenvalue weighted by atomic mass is 9.84. The van der Waals surface area contributed by atoms with Gasteiger partial charge in [-0.2, -0.15) is 0 Å². The first-order valence-corrected chi connectivity index (χ1v) is 4.85. The first kappa shape index (κ1) is 11.0. The van der Waals surface area contributed by atoms with Gasteiger partial charge in [-0.3, -0.25) is 4.79 Å². The van der Waals surface area contributed by atoms with Gasteiger partial charge in [-0.25, -0.2) is 0 Å². The molecule has 0 aromatic heterocycles. The molecule has 0 unspecified atom stereocenters. The van der Waals surface area contributed by atoms with E-state index in [0.29, 0.717) is 0 Å². The van der Waals surface area contributed by atoms with Crippen LogP contribution < -0.4 is 0 Å². The van der Waals surface area contributed by atoms with E-state index in [-0.39, 0.29) is 11.4 Å². The van der Waals surface area contributed by atoms with Crippen molar-refractivity contribution in [1.29, 1.82) is 0 Å². The number of hydrogen-bond acceptors (Lipinski definition) is 2. The first-order valence-electron chi connectivity index (χ1n) is 4.85. The predicted molar refractivity (Wildman–Crippen MR) is 56.8 cm³/mol. The maximum absolute atomic E-state index is 11.4. The van der Waals surface area contributed by atoms with Gasteiger partial charge in [0.2, 0.25) is 0 Å². The molecule has 0 amide bonds. The molecule has 2 nitrogen and oxygen atoms in total. The van der Waals surface area contributed by atoms with Crippen molar-refractivity contribution in [2.24, 2.45) is 5.41 Å². The molecule has 0 saturated carbocycles. The molecule has 0 heterocycles. The number of allylic oxidation sites excluding steroid dienone is 3. The molecule has 0 saturated heterocycles. The van der Waals surface area contributed by atoms with Crippen molar-refractivity contribution >= 4 is 5.78 Å². The smallest absolute Gasteiger partial charge is 0.165 e. The van der Waals surface area contributed by atoms with Crippen LogP contribution in [-0.2, 0) is 9.53 Å². The minimum absolute atomic E-state index is 0.124. The van der Waals surface area contributed by atoms with Crippen LogP contribution in [0.2, 0.25) is 0 Å². The Balaban J connectivity index is 2.84. The topological polar surface area (TPSA) is 26.3 Å². The largest absolute Gasteiger partial charge is 0.488 e. The standard InChI is InChI=1S/C12H18O2/c1-11(2,3)14-9-6-7-10(13)12(4,5)8-9/h6-8H,1-5H3. The lowest BCUT2D eigenvalue weighted by Crippen LogP contribution is -2.26. The monoisotopic (exact) mass is 194 g/mol. The van der Waals surface area contributed by atoms with Crippen molar-refractivity contribution in [2.45, 2.75) is 40.2 Å². The number of carbonyl (C=O) groups excluding carboxylic acids is 1. The Labute approximate surface area is 85.6 Å². The Kier molecular flexibility index (Phi) is 2.57. The quantitative estimate of drug-likeness (QED) is 0.641. The molecule has 0 spiro atoms. The van der Waals surface area contributed by atoms with Gasteiger partial charge in [0.15, 0.2) is 5.78 Å². The van der Waals surface area contributed by atoms with Crippen LogP contribution in [-0.4, -0.2) is 11.4 Å². The van der Waals surface area contributed by atoms with Gasteiger partial charge in [0.25, 0.3) is 0 Å². The van der Waals surface area contributed by atoms with Gasteiger partial charge >= 0.3 is 0 Å². The van der Waals surface area contributed by atoms with Crippen molar-refractivity contribution in [3.8, 4) is 0 Å². The molecule has 0 bridgehead atoms. The zero-order valence-electron chi connectivity index (χ0n) is 9.55. The summed E-state index contributed by atoms with van der Waals surface area (Å²) in [7, 11) is 0. The molecule has 0 N–H and O–H groups in total. The molecule has 0 aromatic carbocycles. The Morgan fingerprint density at radius 1 is 1.21 bits per heavy atom. The van der Waals surface area contributed by atoms with E-state index in [2.05, 4.69) is 0 Å². The van der Waals surface area contributed by atoms with Gasteiger partial charge in [0.05, 0.1) is 0 Å². The Morgan fingerprint density at radius 3 is 2.21 bits per heavy atom. The summed E-state index contributed by atoms with van der Waals surface area (Å²) in [5.41, 5.74) is -0.651. The van der Waals surface area contributed by atoms with E-state index in [1.807, 2.05) is 40.7 Å². The van der Waals surface area contributed by atoms with E-state index in [9.17, 15) is 4.79 Å². The van der Waals surface area contributed by atoms with Crippen LogP contribution in [0.1, 0.15) is 34.6 Å². The molecule has 1 aliphatic carbocycles. The summed E-state index contributed by atoms with van der Waals surface area (Å²) in [5, 5.41) is 0. The molecule has 0 radical (unpaired) electrons. The fourth-order valence-electron chi connectivity index (χ4n) is 1.26. The molecule has 14 heavy (non-hydrogen) atoms. The maximum Gasteiger partial charge on any atom is 0.165 e. The van der Waals surface area contributed by atoms with Crippen LogP contribution in [0, 0.1) is 5.41 Å². The molecule has 2 heteroatoms. The minimum atomic E-state index is -0.435. The summed E-state index contributed by atoms with van der Waals surface area (Å²) in [5.74, 6) is 0.904. The van der Waals surface area contributed by atoms with Crippen LogP contribution in [0.25, 0.3) is 0 Å². The van der Waals surface area contributed by atoms with E-state index in [1.165, 1.54) is 0 Å². The number of ether oxygens (including phenoxy) is 1. The second kappa shape index (κ2) is 3.26. The summed E-state index contributed by atoms with van der Waals surface area (Å²) in [6, 6.07) is 0. The highest BCUT2D eigenvalue weighted by Crippen LogP contribution is 2.28. The number of carbonyl (C=O) groups is 1. The van der Waals surface area contributed by atoms with E-state index >= 15 is 0 Å². The number of rotatable bonds is 1. The molecule has 1 aliphatic rings. The van der Waals surface area contributed by atoms with Gasteiger partial charge in [0.1, 0.15) is 11.4 Å². The molecular weight excluding hydrogens is 176 g/mol. The van der Waals surface area contributed by atoms with E-state index < -0.39 is 5.41 Å². The fraction of sp³-hybridized carbons (Fsp3) is 0.583. The van der Waals surface area contributed by atoms with Crippen LogP contribution >= 0.6 is 0 Å². The predicted octanol–water partition coefficient (Wildman–Crippen LogP) is 2.85. The Bertz CT molecular complexity index is 301. The van der Waals surface area contributed by atoms with Crippen molar-refractivity contribution in [3.63, 3.8) is 0 Å². The average Bonchev–Trinajstić information content (AvgIpc) is 1.93. The highest BCUT2D eigenvalue weighted by molar-refractivity contribution is 5.97. The Hall–Kier alpha value is -1.05. The zero-order valence-corrected chi connectivity index (χ0v) is 9.55. The lowest BCUT2D eigenvalue weighted by Gasteiger charge is -2.27. The highest BCUT2D eigenvalue weighted by atomic mass is 16.5. The zero-order chi connectivity index (χ0) is 11.0. The van der Waals surface area contributed by atoms with Crippen LogP contribution in [0.15, 0.2) is 24.0 Å². The summed E-state index contributed by atoms with van der Waals surface area (Å²) in [6.45, 7) is 9.76. The van der Waals surface area contributed by atoms with E-state index in [4.69, 9.17) is 4.74 Å². The van der Waals surface area contributed by atoms with E-state index in [0.717, 1.165) is 5.76 Å². The van der Waals surface area contributed by atoms with Crippen molar-refractivity contribution in [3.05, 3.63) is 24.0 Å². The van der Waals surface area contributed by atoms with Gasteiger partial charge in [-0.1, -0.05) is 0 Å². The summed E-state index contributed by atoms with van der Waals surface area (Å²) in [6.07, 6.45) is 5.19. The summed E-state index contributed by atoms with van der Waals surface area (Å²) >= 11 is 0. The molecule has 0 aliphatic heterocycles. The van der Waals surface area contributed by atoms with Gasteiger partial charge in [-0.15, -0.1) is 0 Å². The lowest BCUT2D eigenvalue weighted by molar-refractivity contribution is -0.120. The molecule has 0 atom stereocenters. The second-order valence-corrected chi connectivity index (χ2v) is 5.18. The average molecular weight is 194 g/mol. The summed E-state index contributed by atoms with van der Waals surface area (Å²) < 4.78 is 5.68. The third-order valence-electron chi connectivity index (χ3n) is 1.96. The molecular formula is C12H18O2. The highest BCUT2D eigenvalue weighted by Gasteiger charge is 2.27. The second-order valence-electron chi connectivity index (χ2n) is 5.18. The molecule has 1 rings (SSSR count). The number of hydrogen-bond donors (Lipinski definition) is 0. The third-order valence-corrected chi connectivity index (χ3v) is 1.96. The SMILES string of the molecule is CC(C)(C)OC1=CC(C)(C)C(=O)C=C1. The van der Waals surface area contributed by atoms with Crippen LogP contribution in [0.4, 0.5) is 0 Å². The van der Waals surface area contributed by atoms with Gasteiger partial charge < -0.3 is 4.74 Å². The van der Waals surface area contributed by atoms with Crippen molar-refractivity contribution in [1.82, 2.24) is 0 Å². The first-order chi connectivity index (χ1) is 6.21. The Morgan fingerprint density at radius 2 is 1.79 bits per heavy atom. The molecule has 0 fully saturated rings. The van der Waals surface area contributed by atoms with E-state index in [1.54, 1.807) is 12.2 Å². The molecule has 0 aromatic rings. The van der Waals surface area contributed by atoms with Crippen molar-refractivity contribution in [2.75, 3.05) is 0 Å².